The number of hydrogen-bond donors (Lipinski definition) is 3. The van der Waals surface area contributed by atoms with Crippen molar-refractivity contribution in [1.82, 2.24) is 16.3 Å². The molecule has 37 heavy (non-hydrogen) atoms. The first-order chi connectivity index (χ1) is 17.7. The molecule has 1 heterocycles. The normalized spacial score (nSPS) is 13.6. The van der Waals surface area contributed by atoms with Crippen LogP contribution in [0.5, 0.6) is 5.75 Å². The van der Waals surface area contributed by atoms with Crippen LogP contribution in [0.1, 0.15) is 50.6 Å². The van der Waals surface area contributed by atoms with Gasteiger partial charge in [0.25, 0.3) is 11.8 Å². The Balaban J connectivity index is 1.40. The third kappa shape index (κ3) is 6.25. The quantitative estimate of drug-likeness (QED) is 0.370. The maximum atomic E-state index is 12.7. The van der Waals surface area contributed by atoms with E-state index in [2.05, 4.69) is 21.4 Å². The number of amides is 3. The van der Waals surface area contributed by atoms with E-state index in [1.54, 1.807) is 37.3 Å². The molecular formula is C25H21Cl3N4O5. The molecule has 0 saturated heterocycles. The van der Waals surface area contributed by atoms with Crippen LogP contribution < -0.4 is 21.0 Å². The molecule has 3 aromatic rings. The molecule has 0 radical (unpaired) electrons. The number of ether oxygens (including phenoxy) is 1. The zero-order valence-corrected chi connectivity index (χ0v) is 21.8. The van der Waals surface area contributed by atoms with Crippen LogP contribution in [-0.2, 0) is 11.2 Å². The number of benzene rings is 2. The van der Waals surface area contributed by atoms with E-state index in [-0.39, 0.29) is 28.0 Å². The minimum Gasteiger partial charge on any atom is -0.482 e. The standard InChI is InChI=1S/C25H21Cl3N4O5/c1-13-22-18(29-30-21(33)12-36-19-10-9-14(26)11-17(19)28)7-4-8-20(22)37-23(13)25(35)32-31-24(34)15-5-2-3-6-16(15)27/h2-3,5-6,9-11H,4,7-8,12H2,1H3,(H,30,33)(H,31,34)(H,32,35)/b29-18+. The lowest BCUT2D eigenvalue weighted by atomic mass is 9.93. The lowest BCUT2D eigenvalue weighted by Gasteiger charge is -2.13. The van der Waals surface area contributed by atoms with Crippen molar-refractivity contribution >= 4 is 58.2 Å². The Morgan fingerprint density at radius 3 is 2.51 bits per heavy atom. The molecule has 0 aliphatic heterocycles. The zero-order chi connectivity index (χ0) is 26.5. The molecular weight excluding hydrogens is 543 g/mol. The summed E-state index contributed by atoms with van der Waals surface area (Å²) < 4.78 is 11.2. The van der Waals surface area contributed by atoms with E-state index < -0.39 is 17.7 Å². The van der Waals surface area contributed by atoms with Gasteiger partial charge in [-0.2, -0.15) is 5.10 Å². The minimum atomic E-state index is -0.635. The van der Waals surface area contributed by atoms with Gasteiger partial charge in [-0.05, 0) is 50.1 Å². The summed E-state index contributed by atoms with van der Waals surface area (Å²) in [5, 5.41) is 5.23. The van der Waals surface area contributed by atoms with Crippen molar-refractivity contribution in [3.05, 3.63) is 85.7 Å². The average Bonchev–Trinajstić information content (AvgIpc) is 3.22. The molecule has 0 bridgehead atoms. The van der Waals surface area contributed by atoms with Crippen LogP contribution in [0.15, 0.2) is 52.0 Å². The number of carbonyl (C=O) groups is 3. The number of nitrogens with zero attached hydrogens (tertiary/aromatic N) is 1. The first kappa shape index (κ1) is 26.5. The minimum absolute atomic E-state index is 0.0334. The highest BCUT2D eigenvalue weighted by molar-refractivity contribution is 6.35. The van der Waals surface area contributed by atoms with Crippen LogP contribution in [0.3, 0.4) is 0 Å². The van der Waals surface area contributed by atoms with E-state index in [0.29, 0.717) is 46.2 Å². The number of nitrogens with one attached hydrogen (secondary N) is 3. The van der Waals surface area contributed by atoms with Crippen LogP contribution in [0.4, 0.5) is 0 Å². The lowest BCUT2D eigenvalue weighted by molar-refractivity contribution is -0.123. The SMILES string of the molecule is Cc1c(C(=O)NNC(=O)c2ccccc2Cl)oc2c1/C(=N/NC(=O)COc1ccc(Cl)cc1Cl)CCC2. The number of aryl methyl sites for hydroxylation is 1. The molecule has 3 N–H and O–H groups in total. The van der Waals surface area contributed by atoms with Crippen LogP contribution >= 0.6 is 34.8 Å². The molecule has 0 saturated carbocycles. The maximum Gasteiger partial charge on any atom is 0.305 e. The summed E-state index contributed by atoms with van der Waals surface area (Å²) in [6, 6.07) is 11.1. The van der Waals surface area contributed by atoms with Gasteiger partial charge >= 0.3 is 5.91 Å². The molecule has 1 aromatic heterocycles. The van der Waals surface area contributed by atoms with Crippen LogP contribution in [-0.4, -0.2) is 30.0 Å². The molecule has 192 valence electrons. The summed E-state index contributed by atoms with van der Waals surface area (Å²) in [5.41, 5.74) is 9.11. The molecule has 0 unspecified atom stereocenters. The van der Waals surface area contributed by atoms with Gasteiger partial charge in [-0.1, -0.05) is 46.9 Å². The first-order valence-electron chi connectivity index (χ1n) is 11.2. The number of hydrogen-bond acceptors (Lipinski definition) is 6. The number of carbonyl (C=O) groups excluding carboxylic acids is 3. The van der Waals surface area contributed by atoms with E-state index in [0.717, 1.165) is 6.42 Å². The Labute approximate surface area is 227 Å². The van der Waals surface area contributed by atoms with Crippen molar-refractivity contribution in [3.8, 4) is 5.75 Å². The third-order valence-electron chi connectivity index (χ3n) is 5.51. The second-order valence-corrected chi connectivity index (χ2v) is 9.30. The van der Waals surface area contributed by atoms with Gasteiger partial charge < -0.3 is 9.15 Å². The first-order valence-corrected chi connectivity index (χ1v) is 12.3. The Morgan fingerprint density at radius 2 is 1.76 bits per heavy atom. The highest BCUT2D eigenvalue weighted by Gasteiger charge is 2.28. The third-order valence-corrected chi connectivity index (χ3v) is 6.37. The van der Waals surface area contributed by atoms with E-state index >= 15 is 0 Å². The van der Waals surface area contributed by atoms with E-state index in [4.69, 9.17) is 44.0 Å². The number of hydrazone groups is 1. The predicted molar refractivity (Wildman–Crippen MR) is 139 cm³/mol. The maximum absolute atomic E-state index is 12.7. The molecule has 3 amide bonds. The summed E-state index contributed by atoms with van der Waals surface area (Å²) in [5.74, 6) is -0.776. The molecule has 12 heteroatoms. The Bertz CT molecular complexity index is 1400. The lowest BCUT2D eigenvalue weighted by Crippen LogP contribution is -2.41. The van der Waals surface area contributed by atoms with Crippen molar-refractivity contribution in [2.45, 2.75) is 26.2 Å². The molecule has 1 aliphatic rings. The fourth-order valence-corrected chi connectivity index (χ4v) is 4.46. The number of furan rings is 1. The van der Waals surface area contributed by atoms with Crippen LogP contribution in [0.25, 0.3) is 0 Å². The summed E-state index contributed by atoms with van der Waals surface area (Å²) in [6.07, 6.45) is 1.89. The van der Waals surface area contributed by atoms with Crippen molar-refractivity contribution in [3.63, 3.8) is 0 Å². The van der Waals surface area contributed by atoms with Gasteiger partial charge in [-0.25, -0.2) is 5.43 Å². The second kappa shape index (κ2) is 11.7. The number of fused-ring (bicyclic) bond motifs is 1. The summed E-state index contributed by atoms with van der Waals surface area (Å²) >= 11 is 17.9. The molecule has 2 aromatic carbocycles. The van der Waals surface area contributed by atoms with Gasteiger partial charge in [0.1, 0.15) is 11.5 Å². The van der Waals surface area contributed by atoms with Crippen LogP contribution in [0.2, 0.25) is 15.1 Å². The average molecular weight is 564 g/mol. The van der Waals surface area contributed by atoms with Crippen LogP contribution in [0, 0.1) is 6.92 Å². The fourth-order valence-electron chi connectivity index (χ4n) is 3.78. The molecule has 1 aliphatic carbocycles. The largest absolute Gasteiger partial charge is 0.482 e. The summed E-state index contributed by atoms with van der Waals surface area (Å²) in [7, 11) is 0. The Morgan fingerprint density at radius 1 is 1.00 bits per heavy atom. The monoisotopic (exact) mass is 562 g/mol. The molecule has 0 fully saturated rings. The van der Waals surface area contributed by atoms with Gasteiger partial charge in [0.15, 0.2) is 12.4 Å². The number of halogens is 3. The highest BCUT2D eigenvalue weighted by Crippen LogP contribution is 2.30. The van der Waals surface area contributed by atoms with Crippen molar-refractivity contribution in [1.29, 1.82) is 0 Å². The molecule has 0 atom stereocenters. The Kier molecular flexibility index (Phi) is 8.38. The second-order valence-electron chi connectivity index (χ2n) is 8.05. The molecule has 4 rings (SSSR count). The van der Waals surface area contributed by atoms with Crippen molar-refractivity contribution < 1.29 is 23.5 Å². The van der Waals surface area contributed by atoms with E-state index in [1.807, 2.05) is 0 Å². The number of hydrazine groups is 1. The number of rotatable bonds is 6. The van der Waals surface area contributed by atoms with Gasteiger partial charge in [0.05, 0.1) is 21.3 Å². The fraction of sp³-hybridized carbons (Fsp3) is 0.200. The van der Waals surface area contributed by atoms with Gasteiger partial charge in [-0.15, -0.1) is 0 Å². The van der Waals surface area contributed by atoms with Crippen molar-refractivity contribution in [2.24, 2.45) is 5.10 Å². The summed E-state index contributed by atoms with van der Waals surface area (Å²) in [6.45, 7) is 1.40. The van der Waals surface area contributed by atoms with Crippen molar-refractivity contribution in [2.75, 3.05) is 6.61 Å². The Hall–Kier alpha value is -3.53. The van der Waals surface area contributed by atoms with Gasteiger partial charge in [-0.3, -0.25) is 25.2 Å². The van der Waals surface area contributed by atoms with Gasteiger partial charge in [0.2, 0.25) is 0 Å². The highest BCUT2D eigenvalue weighted by atomic mass is 35.5. The molecule has 9 nitrogen and oxygen atoms in total. The topological polar surface area (TPSA) is 122 Å². The predicted octanol–water partition coefficient (Wildman–Crippen LogP) is 4.86. The smallest absolute Gasteiger partial charge is 0.305 e. The van der Waals surface area contributed by atoms with E-state index in [1.165, 1.54) is 12.1 Å². The van der Waals surface area contributed by atoms with Gasteiger partial charge in [0, 0.05) is 22.6 Å². The zero-order valence-electron chi connectivity index (χ0n) is 19.5. The van der Waals surface area contributed by atoms with E-state index in [9.17, 15) is 14.4 Å². The molecule has 0 spiro atoms. The summed E-state index contributed by atoms with van der Waals surface area (Å²) in [4.78, 5) is 37.4.